The molecule has 1 aliphatic heterocycles. The van der Waals surface area contributed by atoms with Crippen LogP contribution in [0.3, 0.4) is 0 Å². The fourth-order valence-electron chi connectivity index (χ4n) is 4.79. The predicted octanol–water partition coefficient (Wildman–Crippen LogP) is 8.24. The maximum Gasteiger partial charge on any atom is 0.161 e. The Kier molecular flexibility index (Phi) is 5.37. The monoisotopic (exact) mass is 469 g/mol. The maximum absolute atomic E-state index is 9.34. The molecule has 0 unspecified atom stereocenters. The molecule has 0 atom stereocenters. The Morgan fingerprint density at radius 1 is 0.657 bits per heavy atom. The smallest absolute Gasteiger partial charge is 0.161 e. The van der Waals surface area contributed by atoms with Crippen LogP contribution in [0.2, 0.25) is 0 Å². The SMILES string of the molecule is N#Cc1cccc(C2=N/C(c3ccc4c5ccccc5c5ccccc5c4c3)=C\CCC(Cl)=N2)c1. The zero-order chi connectivity index (χ0) is 23.8. The lowest BCUT2D eigenvalue weighted by Gasteiger charge is -2.13. The summed E-state index contributed by atoms with van der Waals surface area (Å²) in [6.45, 7) is 0. The molecule has 0 amide bonds. The Morgan fingerprint density at radius 3 is 2.00 bits per heavy atom. The Bertz CT molecular complexity index is 1730. The van der Waals surface area contributed by atoms with Crippen LogP contribution in [0.25, 0.3) is 38.0 Å². The third kappa shape index (κ3) is 3.89. The van der Waals surface area contributed by atoms with Crippen LogP contribution in [0.4, 0.5) is 0 Å². The fourth-order valence-corrected chi connectivity index (χ4v) is 4.98. The molecule has 6 rings (SSSR count). The van der Waals surface area contributed by atoms with Gasteiger partial charge < -0.3 is 0 Å². The highest BCUT2D eigenvalue weighted by Crippen LogP contribution is 2.36. The summed E-state index contributed by atoms with van der Waals surface area (Å²) >= 11 is 6.38. The van der Waals surface area contributed by atoms with E-state index in [9.17, 15) is 5.26 Å². The molecular weight excluding hydrogens is 450 g/mol. The third-order valence-corrected chi connectivity index (χ3v) is 6.71. The second-order valence-electron chi connectivity index (χ2n) is 8.60. The molecule has 0 spiro atoms. The van der Waals surface area contributed by atoms with E-state index in [0.29, 0.717) is 23.0 Å². The molecule has 4 heteroatoms. The van der Waals surface area contributed by atoms with E-state index in [0.717, 1.165) is 23.2 Å². The van der Waals surface area contributed by atoms with E-state index in [4.69, 9.17) is 16.6 Å². The first kappa shape index (κ1) is 21.3. The second kappa shape index (κ2) is 8.83. The Hall–Kier alpha value is -4.26. The average Bonchev–Trinajstić information content (AvgIpc) is 2.90. The molecule has 5 aromatic rings. The van der Waals surface area contributed by atoms with E-state index in [1.807, 2.05) is 12.1 Å². The van der Waals surface area contributed by atoms with Crippen molar-refractivity contribution in [2.24, 2.45) is 9.98 Å². The number of amidine groups is 1. The molecule has 0 N–H and O–H groups in total. The normalized spacial score (nSPS) is 15.6. The molecule has 1 heterocycles. The summed E-state index contributed by atoms with van der Waals surface area (Å²) in [7, 11) is 0. The van der Waals surface area contributed by atoms with Gasteiger partial charge in [0, 0.05) is 17.5 Å². The highest BCUT2D eigenvalue weighted by molar-refractivity contribution is 6.66. The second-order valence-corrected chi connectivity index (χ2v) is 9.03. The molecule has 3 nitrogen and oxygen atoms in total. The summed E-state index contributed by atoms with van der Waals surface area (Å²) < 4.78 is 0. The molecule has 0 aliphatic carbocycles. The molecule has 0 bridgehead atoms. The van der Waals surface area contributed by atoms with Gasteiger partial charge in [-0.25, -0.2) is 9.98 Å². The lowest BCUT2D eigenvalue weighted by atomic mass is 9.93. The van der Waals surface area contributed by atoms with Crippen LogP contribution >= 0.6 is 11.6 Å². The van der Waals surface area contributed by atoms with E-state index >= 15 is 0 Å². The van der Waals surface area contributed by atoms with Gasteiger partial charge in [0.1, 0.15) is 5.17 Å². The Labute approximate surface area is 208 Å². The summed E-state index contributed by atoms with van der Waals surface area (Å²) in [6, 6.07) is 33.2. The molecule has 1 aliphatic rings. The first-order valence-electron chi connectivity index (χ1n) is 11.6. The van der Waals surface area contributed by atoms with Crippen molar-refractivity contribution in [1.82, 2.24) is 0 Å². The summed E-state index contributed by atoms with van der Waals surface area (Å²) in [5.74, 6) is 0.515. The number of benzene rings is 5. The molecule has 0 saturated carbocycles. The summed E-state index contributed by atoms with van der Waals surface area (Å²) in [4.78, 5) is 9.54. The molecule has 0 saturated heterocycles. The van der Waals surface area contributed by atoms with Crippen molar-refractivity contribution in [3.63, 3.8) is 0 Å². The van der Waals surface area contributed by atoms with Crippen molar-refractivity contribution in [1.29, 1.82) is 5.26 Å². The van der Waals surface area contributed by atoms with Gasteiger partial charge in [0.15, 0.2) is 5.84 Å². The van der Waals surface area contributed by atoms with Crippen LogP contribution in [-0.4, -0.2) is 11.0 Å². The van der Waals surface area contributed by atoms with Gasteiger partial charge in [-0.2, -0.15) is 5.26 Å². The number of fused-ring (bicyclic) bond motifs is 6. The molecule has 0 fully saturated rings. The minimum absolute atomic E-state index is 0.511. The lowest BCUT2D eigenvalue weighted by molar-refractivity contribution is 1.10. The van der Waals surface area contributed by atoms with Gasteiger partial charge in [0.2, 0.25) is 0 Å². The van der Waals surface area contributed by atoms with Gasteiger partial charge in [-0.15, -0.1) is 0 Å². The standard InChI is InChI=1S/C31H20ClN3/c32-30-14-6-13-29(34-31(35-30)22-8-5-7-20(17-22)19-33)21-15-16-27-25-11-2-1-9-23(25)24-10-3-4-12-26(24)28(27)18-21/h1-5,7-13,15-18H,6,14H2/b29-13-,34-31?,35-30?. The van der Waals surface area contributed by atoms with Crippen molar-refractivity contribution < 1.29 is 0 Å². The molecule has 5 aromatic carbocycles. The van der Waals surface area contributed by atoms with E-state index in [2.05, 4.69) is 83.9 Å². The summed E-state index contributed by atoms with van der Waals surface area (Å²) in [6.07, 6.45) is 3.52. The van der Waals surface area contributed by atoms with E-state index in [1.165, 1.54) is 32.3 Å². The van der Waals surface area contributed by atoms with E-state index in [-0.39, 0.29) is 0 Å². The third-order valence-electron chi connectivity index (χ3n) is 6.43. The lowest BCUT2D eigenvalue weighted by Crippen LogP contribution is -2.04. The molecule has 0 aromatic heterocycles. The zero-order valence-corrected chi connectivity index (χ0v) is 19.6. The van der Waals surface area contributed by atoms with Gasteiger partial charge in [-0.3, -0.25) is 0 Å². The first-order valence-corrected chi connectivity index (χ1v) is 11.9. The zero-order valence-electron chi connectivity index (χ0n) is 18.9. The van der Waals surface area contributed by atoms with Gasteiger partial charge in [0.05, 0.1) is 17.3 Å². The topological polar surface area (TPSA) is 48.5 Å². The van der Waals surface area contributed by atoms with Crippen molar-refractivity contribution >= 4 is 60.6 Å². The Balaban J connectivity index is 1.57. The highest BCUT2D eigenvalue weighted by Gasteiger charge is 2.13. The van der Waals surface area contributed by atoms with Crippen molar-refractivity contribution in [2.75, 3.05) is 0 Å². The number of rotatable bonds is 2. The minimum atomic E-state index is 0.511. The van der Waals surface area contributed by atoms with Gasteiger partial charge in [0.25, 0.3) is 0 Å². The van der Waals surface area contributed by atoms with Gasteiger partial charge >= 0.3 is 0 Å². The number of nitriles is 1. The van der Waals surface area contributed by atoms with Gasteiger partial charge in [-0.05, 0) is 56.9 Å². The van der Waals surface area contributed by atoms with Crippen molar-refractivity contribution in [3.8, 4) is 6.07 Å². The van der Waals surface area contributed by atoms with Crippen LogP contribution in [0.1, 0.15) is 29.5 Å². The van der Waals surface area contributed by atoms with Crippen LogP contribution in [0, 0.1) is 11.3 Å². The van der Waals surface area contributed by atoms with E-state index < -0.39 is 0 Å². The first-order chi connectivity index (χ1) is 17.2. The van der Waals surface area contributed by atoms with Crippen molar-refractivity contribution in [2.45, 2.75) is 12.8 Å². The minimum Gasteiger partial charge on any atom is -0.228 e. The summed E-state index contributed by atoms with van der Waals surface area (Å²) in [5, 5.41) is 17.2. The van der Waals surface area contributed by atoms with E-state index in [1.54, 1.807) is 12.1 Å². The molecule has 166 valence electrons. The summed E-state index contributed by atoms with van der Waals surface area (Å²) in [5.41, 5.74) is 3.22. The predicted molar refractivity (Wildman–Crippen MR) is 147 cm³/mol. The number of hydrogen-bond donors (Lipinski definition) is 0. The van der Waals surface area contributed by atoms with Crippen LogP contribution < -0.4 is 0 Å². The maximum atomic E-state index is 9.34. The van der Waals surface area contributed by atoms with Crippen molar-refractivity contribution in [3.05, 3.63) is 114 Å². The Morgan fingerprint density at radius 2 is 1.31 bits per heavy atom. The van der Waals surface area contributed by atoms with Gasteiger partial charge in [-0.1, -0.05) is 90.5 Å². The van der Waals surface area contributed by atoms with Crippen LogP contribution in [-0.2, 0) is 0 Å². The number of aliphatic imine (C=N–C) groups is 2. The number of nitrogens with zero attached hydrogens (tertiary/aromatic N) is 3. The van der Waals surface area contributed by atoms with Crippen LogP contribution in [0.5, 0.6) is 0 Å². The average molecular weight is 470 g/mol. The molecule has 35 heavy (non-hydrogen) atoms. The molecule has 0 radical (unpaired) electrons. The number of halogens is 1. The number of hydrogen-bond acceptors (Lipinski definition) is 3. The quantitative estimate of drug-likeness (QED) is 0.240. The molecular formula is C31H20ClN3. The largest absolute Gasteiger partial charge is 0.228 e. The fraction of sp³-hybridized carbons (Fsp3) is 0.0645. The highest BCUT2D eigenvalue weighted by atomic mass is 35.5. The number of allylic oxidation sites excluding steroid dienone is 1. The van der Waals surface area contributed by atoms with Crippen LogP contribution in [0.15, 0.2) is 107 Å².